The summed E-state index contributed by atoms with van der Waals surface area (Å²) in [6, 6.07) is 0.226. The third kappa shape index (κ3) is 3.65. The summed E-state index contributed by atoms with van der Waals surface area (Å²) < 4.78 is 24.8. The van der Waals surface area contributed by atoms with Gasteiger partial charge < -0.3 is 9.80 Å². The maximum atomic E-state index is 12.5. The number of likely N-dealkylation sites (tertiary alicyclic amines) is 2. The summed E-state index contributed by atoms with van der Waals surface area (Å²) >= 11 is 0. The van der Waals surface area contributed by atoms with E-state index in [-0.39, 0.29) is 23.0 Å². The number of nitrogens with zero attached hydrogens (tertiary/aromatic N) is 2. The summed E-state index contributed by atoms with van der Waals surface area (Å²) in [6.07, 6.45) is 7.98. The molecular formula is C16H28N2O3S. The number of amides is 1. The predicted octanol–water partition coefficient (Wildman–Crippen LogP) is 1.43. The van der Waals surface area contributed by atoms with Crippen LogP contribution in [0.5, 0.6) is 0 Å². The summed E-state index contributed by atoms with van der Waals surface area (Å²) in [5.41, 5.74) is 0. The van der Waals surface area contributed by atoms with E-state index in [2.05, 4.69) is 4.90 Å². The molecule has 0 radical (unpaired) electrons. The molecule has 6 heteroatoms. The molecule has 2 saturated heterocycles. The van der Waals surface area contributed by atoms with Crippen molar-refractivity contribution < 1.29 is 13.2 Å². The maximum absolute atomic E-state index is 12.5. The third-order valence-electron chi connectivity index (χ3n) is 5.50. The smallest absolute Gasteiger partial charge is 0.238 e. The van der Waals surface area contributed by atoms with Crippen LogP contribution in [0.1, 0.15) is 51.4 Å². The molecule has 1 atom stereocenters. The van der Waals surface area contributed by atoms with Crippen molar-refractivity contribution in [3.8, 4) is 0 Å². The van der Waals surface area contributed by atoms with Crippen molar-refractivity contribution in [2.45, 2.75) is 62.7 Å². The van der Waals surface area contributed by atoms with E-state index in [1.54, 1.807) is 0 Å². The van der Waals surface area contributed by atoms with Gasteiger partial charge in [-0.05, 0) is 51.6 Å². The molecule has 3 rings (SSSR count). The van der Waals surface area contributed by atoms with Crippen LogP contribution in [0.2, 0.25) is 0 Å². The van der Waals surface area contributed by atoms with Gasteiger partial charge in [0.15, 0.2) is 9.84 Å². The molecule has 0 bridgehead atoms. The Morgan fingerprint density at radius 3 is 2.27 bits per heavy atom. The maximum Gasteiger partial charge on any atom is 0.238 e. The van der Waals surface area contributed by atoms with Gasteiger partial charge in [-0.3, -0.25) is 4.79 Å². The molecule has 5 nitrogen and oxygen atoms in total. The summed E-state index contributed by atoms with van der Waals surface area (Å²) in [6.45, 7) is 3.91. The van der Waals surface area contributed by atoms with E-state index in [0.29, 0.717) is 0 Å². The number of hydrogen-bond acceptors (Lipinski definition) is 4. The van der Waals surface area contributed by atoms with Crippen molar-refractivity contribution >= 4 is 15.7 Å². The average molecular weight is 328 g/mol. The summed E-state index contributed by atoms with van der Waals surface area (Å²) in [4.78, 5) is 16.8. The Bertz CT molecular complexity index is 494. The van der Waals surface area contributed by atoms with E-state index in [9.17, 15) is 13.2 Å². The van der Waals surface area contributed by atoms with Crippen LogP contribution in [-0.2, 0) is 14.6 Å². The standard InChI is InChI=1S/C16H28N2O3S/c19-16(13-22(20,21)15-7-1-2-8-15)18-11-5-6-14(18)12-17-9-3-4-10-17/h14-15H,1-13H2/t14-/m0/s1. The minimum atomic E-state index is -3.25. The van der Waals surface area contributed by atoms with Crippen LogP contribution in [0, 0.1) is 0 Å². The highest BCUT2D eigenvalue weighted by Gasteiger charge is 2.36. The average Bonchev–Trinajstić information content (AvgIpc) is 3.21. The van der Waals surface area contributed by atoms with Gasteiger partial charge in [-0.2, -0.15) is 0 Å². The first-order valence-electron chi connectivity index (χ1n) is 8.80. The molecule has 2 heterocycles. The number of rotatable bonds is 5. The number of carbonyl (C=O) groups excluding carboxylic acids is 1. The van der Waals surface area contributed by atoms with Crippen molar-refractivity contribution in [1.29, 1.82) is 0 Å². The van der Waals surface area contributed by atoms with Crippen molar-refractivity contribution in [3.05, 3.63) is 0 Å². The second-order valence-electron chi connectivity index (χ2n) is 7.10. The fraction of sp³-hybridized carbons (Fsp3) is 0.938. The lowest BCUT2D eigenvalue weighted by Gasteiger charge is -2.28. The van der Waals surface area contributed by atoms with Crippen LogP contribution >= 0.6 is 0 Å². The van der Waals surface area contributed by atoms with Crippen molar-refractivity contribution in [3.63, 3.8) is 0 Å². The predicted molar refractivity (Wildman–Crippen MR) is 86.5 cm³/mol. The zero-order valence-corrected chi connectivity index (χ0v) is 14.2. The largest absolute Gasteiger partial charge is 0.338 e. The fourth-order valence-corrected chi connectivity index (χ4v) is 6.03. The van der Waals surface area contributed by atoms with Gasteiger partial charge in [0.2, 0.25) is 5.91 Å². The van der Waals surface area contributed by atoms with E-state index in [0.717, 1.165) is 64.7 Å². The van der Waals surface area contributed by atoms with Crippen LogP contribution in [0.25, 0.3) is 0 Å². The molecule has 22 heavy (non-hydrogen) atoms. The lowest BCUT2D eigenvalue weighted by Crippen LogP contribution is -2.45. The topological polar surface area (TPSA) is 57.7 Å². The zero-order valence-electron chi connectivity index (χ0n) is 13.4. The van der Waals surface area contributed by atoms with E-state index < -0.39 is 9.84 Å². The van der Waals surface area contributed by atoms with Gasteiger partial charge in [0.25, 0.3) is 0 Å². The molecule has 0 aromatic carbocycles. The fourth-order valence-electron chi connectivity index (χ4n) is 4.24. The van der Waals surface area contributed by atoms with Crippen molar-refractivity contribution in [2.75, 3.05) is 31.9 Å². The van der Waals surface area contributed by atoms with Gasteiger partial charge in [0, 0.05) is 19.1 Å². The lowest BCUT2D eigenvalue weighted by molar-refractivity contribution is -0.129. The second kappa shape index (κ2) is 6.87. The van der Waals surface area contributed by atoms with E-state index >= 15 is 0 Å². The van der Waals surface area contributed by atoms with Gasteiger partial charge in [-0.25, -0.2) is 8.42 Å². The third-order valence-corrected chi connectivity index (χ3v) is 7.64. The molecule has 0 aromatic rings. The quantitative estimate of drug-likeness (QED) is 0.766. The number of sulfone groups is 1. The summed E-state index contributed by atoms with van der Waals surface area (Å²) in [5, 5.41) is -0.268. The van der Waals surface area contributed by atoms with E-state index in [4.69, 9.17) is 0 Å². The first kappa shape index (κ1) is 16.2. The van der Waals surface area contributed by atoms with Gasteiger partial charge in [0.05, 0.1) is 5.25 Å². The second-order valence-corrected chi connectivity index (χ2v) is 9.39. The Balaban J connectivity index is 1.58. The van der Waals surface area contributed by atoms with E-state index in [1.165, 1.54) is 12.8 Å². The molecule has 2 aliphatic heterocycles. The Labute approximate surface area is 134 Å². The number of carbonyl (C=O) groups is 1. The number of hydrogen-bond donors (Lipinski definition) is 0. The highest BCUT2D eigenvalue weighted by Crippen LogP contribution is 2.26. The Morgan fingerprint density at radius 2 is 1.59 bits per heavy atom. The Hall–Kier alpha value is -0.620. The lowest BCUT2D eigenvalue weighted by atomic mass is 10.2. The Kier molecular flexibility index (Phi) is 5.07. The van der Waals surface area contributed by atoms with Gasteiger partial charge in [0.1, 0.15) is 5.75 Å². The molecule has 0 aromatic heterocycles. The van der Waals surface area contributed by atoms with Crippen molar-refractivity contribution in [2.24, 2.45) is 0 Å². The minimum Gasteiger partial charge on any atom is -0.338 e. The molecule has 0 spiro atoms. The normalized spacial score (nSPS) is 27.8. The van der Waals surface area contributed by atoms with E-state index in [1.807, 2.05) is 4.90 Å². The monoisotopic (exact) mass is 328 g/mol. The highest BCUT2D eigenvalue weighted by atomic mass is 32.2. The molecule has 3 fully saturated rings. The van der Waals surface area contributed by atoms with Crippen LogP contribution in [0.15, 0.2) is 0 Å². The molecule has 1 amide bonds. The van der Waals surface area contributed by atoms with Gasteiger partial charge >= 0.3 is 0 Å². The van der Waals surface area contributed by atoms with Crippen molar-refractivity contribution in [1.82, 2.24) is 9.80 Å². The highest BCUT2D eigenvalue weighted by molar-refractivity contribution is 7.92. The molecule has 3 aliphatic rings. The molecule has 1 aliphatic carbocycles. The SMILES string of the molecule is O=C(CS(=O)(=O)C1CCCC1)N1CCC[C@H]1CN1CCCC1. The Morgan fingerprint density at radius 1 is 0.909 bits per heavy atom. The van der Waals surface area contributed by atoms with Crippen LogP contribution < -0.4 is 0 Å². The molecule has 0 unspecified atom stereocenters. The first-order valence-corrected chi connectivity index (χ1v) is 10.5. The van der Waals surface area contributed by atoms with Crippen LogP contribution in [0.3, 0.4) is 0 Å². The van der Waals surface area contributed by atoms with Crippen LogP contribution in [-0.4, -0.2) is 67.3 Å². The van der Waals surface area contributed by atoms with Crippen LogP contribution in [0.4, 0.5) is 0 Å². The molecule has 1 saturated carbocycles. The molecule has 126 valence electrons. The summed E-state index contributed by atoms with van der Waals surface area (Å²) in [7, 11) is -3.25. The van der Waals surface area contributed by atoms with Gasteiger partial charge in [-0.1, -0.05) is 12.8 Å². The molecule has 0 N–H and O–H groups in total. The first-order chi connectivity index (χ1) is 10.6. The zero-order chi connectivity index (χ0) is 15.6. The minimum absolute atomic E-state index is 0.159. The summed E-state index contributed by atoms with van der Waals surface area (Å²) in [5.74, 6) is -0.428. The molecular weight excluding hydrogens is 300 g/mol. The van der Waals surface area contributed by atoms with Gasteiger partial charge in [-0.15, -0.1) is 0 Å².